The van der Waals surface area contributed by atoms with Crippen LogP contribution < -0.4 is 0 Å². The predicted octanol–water partition coefficient (Wildman–Crippen LogP) is 1.59. The SMILES string of the molecule is O=C(O)C1(N2CCCCS2(=O)=O)CCCCCC1. The molecule has 1 N–H and O–H groups in total. The summed E-state index contributed by atoms with van der Waals surface area (Å²) in [5, 5.41) is 9.59. The largest absolute Gasteiger partial charge is 0.480 e. The maximum atomic E-state index is 12.2. The first-order valence-electron chi connectivity index (χ1n) is 6.73. The second-order valence-electron chi connectivity index (χ2n) is 5.35. The molecule has 1 saturated carbocycles. The van der Waals surface area contributed by atoms with E-state index in [1.807, 2.05) is 0 Å². The van der Waals surface area contributed by atoms with Gasteiger partial charge in [-0.1, -0.05) is 25.7 Å². The van der Waals surface area contributed by atoms with Crippen LogP contribution in [0.1, 0.15) is 51.4 Å². The van der Waals surface area contributed by atoms with Crippen LogP contribution in [0.4, 0.5) is 0 Å². The minimum atomic E-state index is -3.39. The Kier molecular flexibility index (Phi) is 3.96. The first kappa shape index (κ1) is 13.8. The summed E-state index contributed by atoms with van der Waals surface area (Å²) in [5.41, 5.74) is -1.17. The highest BCUT2D eigenvalue weighted by Gasteiger charge is 2.49. The molecule has 0 radical (unpaired) electrons. The van der Waals surface area contributed by atoms with Crippen LogP contribution in [-0.4, -0.2) is 41.6 Å². The molecule has 6 heteroatoms. The third-order valence-corrected chi connectivity index (χ3v) is 6.16. The van der Waals surface area contributed by atoms with E-state index in [4.69, 9.17) is 0 Å². The van der Waals surface area contributed by atoms with Crippen LogP contribution in [0, 0.1) is 0 Å². The van der Waals surface area contributed by atoms with Gasteiger partial charge >= 0.3 is 5.97 Å². The second kappa shape index (κ2) is 5.17. The molecule has 0 unspecified atom stereocenters. The van der Waals surface area contributed by atoms with Crippen LogP contribution in [0.3, 0.4) is 0 Å². The van der Waals surface area contributed by atoms with Crippen molar-refractivity contribution in [3.8, 4) is 0 Å². The van der Waals surface area contributed by atoms with Crippen LogP contribution in [0.2, 0.25) is 0 Å². The summed E-state index contributed by atoms with van der Waals surface area (Å²) in [6.07, 6.45) is 5.95. The molecule has 5 nitrogen and oxygen atoms in total. The Balaban J connectivity index is 2.36. The van der Waals surface area contributed by atoms with Gasteiger partial charge in [0.2, 0.25) is 10.0 Å². The summed E-state index contributed by atoms with van der Waals surface area (Å²) in [5.74, 6) is -0.864. The topological polar surface area (TPSA) is 74.7 Å². The van der Waals surface area contributed by atoms with Gasteiger partial charge in [-0.2, -0.15) is 4.31 Å². The van der Waals surface area contributed by atoms with Gasteiger partial charge in [-0.05, 0) is 25.7 Å². The first-order valence-corrected chi connectivity index (χ1v) is 8.34. The van der Waals surface area contributed by atoms with E-state index in [9.17, 15) is 18.3 Å². The average molecular weight is 275 g/mol. The molecule has 0 spiro atoms. The molecule has 2 fully saturated rings. The molecule has 0 aromatic carbocycles. The number of nitrogens with zero attached hydrogens (tertiary/aromatic N) is 1. The van der Waals surface area contributed by atoms with E-state index in [0.29, 0.717) is 25.8 Å². The van der Waals surface area contributed by atoms with Crippen molar-refractivity contribution >= 4 is 16.0 Å². The van der Waals surface area contributed by atoms with E-state index in [-0.39, 0.29) is 5.75 Å². The smallest absolute Gasteiger partial charge is 0.325 e. The standard InChI is InChI=1S/C12H21NO4S/c14-11(15)12(7-3-1-2-4-8-12)13-9-5-6-10-18(13,16)17/h1-10H2,(H,14,15). The van der Waals surface area contributed by atoms with Crippen molar-refractivity contribution in [2.45, 2.75) is 56.9 Å². The van der Waals surface area contributed by atoms with E-state index in [1.54, 1.807) is 0 Å². The summed E-state index contributed by atoms with van der Waals surface area (Å²) in [6, 6.07) is 0. The van der Waals surface area contributed by atoms with Crippen molar-refractivity contribution in [1.29, 1.82) is 0 Å². The number of hydrogen-bond donors (Lipinski definition) is 1. The number of hydrogen-bond acceptors (Lipinski definition) is 3. The van der Waals surface area contributed by atoms with Crippen LogP contribution >= 0.6 is 0 Å². The van der Waals surface area contributed by atoms with Crippen LogP contribution in [0.25, 0.3) is 0 Å². The molecule has 0 bridgehead atoms. The highest BCUT2D eigenvalue weighted by Crippen LogP contribution is 2.36. The molecule has 2 rings (SSSR count). The van der Waals surface area contributed by atoms with Crippen molar-refractivity contribution in [3.63, 3.8) is 0 Å². The summed E-state index contributed by atoms with van der Waals surface area (Å²) in [7, 11) is -3.39. The van der Waals surface area contributed by atoms with Gasteiger partial charge in [-0.15, -0.1) is 0 Å². The first-order chi connectivity index (χ1) is 8.49. The van der Waals surface area contributed by atoms with Crippen molar-refractivity contribution < 1.29 is 18.3 Å². The van der Waals surface area contributed by atoms with Gasteiger partial charge in [-0.3, -0.25) is 4.79 Å². The molecule has 0 aromatic heterocycles. The minimum Gasteiger partial charge on any atom is -0.480 e. The molecule has 18 heavy (non-hydrogen) atoms. The summed E-state index contributed by atoms with van der Waals surface area (Å²) >= 11 is 0. The molecule has 1 saturated heterocycles. The van der Waals surface area contributed by atoms with Gasteiger partial charge in [0.05, 0.1) is 5.75 Å². The lowest BCUT2D eigenvalue weighted by Gasteiger charge is -2.41. The summed E-state index contributed by atoms with van der Waals surface area (Å²) < 4.78 is 25.6. The van der Waals surface area contributed by atoms with Crippen molar-refractivity contribution in [2.75, 3.05) is 12.3 Å². The molecule has 0 aromatic rings. The van der Waals surface area contributed by atoms with E-state index in [2.05, 4.69) is 0 Å². The van der Waals surface area contributed by atoms with E-state index < -0.39 is 21.5 Å². The number of carboxylic acid groups (broad SMARTS) is 1. The Morgan fingerprint density at radius 3 is 2.11 bits per heavy atom. The fraction of sp³-hybridized carbons (Fsp3) is 0.917. The van der Waals surface area contributed by atoms with Crippen molar-refractivity contribution in [2.24, 2.45) is 0 Å². The fourth-order valence-electron chi connectivity index (χ4n) is 3.15. The minimum absolute atomic E-state index is 0.0992. The van der Waals surface area contributed by atoms with Gasteiger partial charge in [0.1, 0.15) is 5.54 Å². The predicted molar refractivity (Wildman–Crippen MR) is 67.8 cm³/mol. The summed E-state index contributed by atoms with van der Waals surface area (Å²) in [4.78, 5) is 11.7. The fourth-order valence-corrected chi connectivity index (χ4v) is 5.14. The average Bonchev–Trinajstić information content (AvgIpc) is 2.54. The highest BCUT2D eigenvalue weighted by atomic mass is 32.2. The van der Waals surface area contributed by atoms with Gasteiger partial charge in [0, 0.05) is 6.54 Å². The van der Waals surface area contributed by atoms with Crippen LogP contribution in [0.15, 0.2) is 0 Å². The number of carbonyl (C=O) groups is 1. The number of aliphatic carboxylic acids is 1. The third kappa shape index (κ3) is 2.40. The Hall–Kier alpha value is -0.620. The normalized spacial score (nSPS) is 28.4. The maximum absolute atomic E-state index is 12.2. The summed E-state index contributed by atoms with van der Waals surface area (Å²) in [6.45, 7) is 0.370. The van der Waals surface area contributed by atoms with Crippen LogP contribution in [-0.2, 0) is 14.8 Å². The molecule has 1 heterocycles. The van der Waals surface area contributed by atoms with Gasteiger partial charge in [0.25, 0.3) is 0 Å². The lowest BCUT2D eigenvalue weighted by Crippen LogP contribution is -2.58. The molecular formula is C12H21NO4S. The van der Waals surface area contributed by atoms with Crippen molar-refractivity contribution in [3.05, 3.63) is 0 Å². The van der Waals surface area contributed by atoms with Gasteiger partial charge < -0.3 is 5.11 Å². The molecule has 2 aliphatic rings. The maximum Gasteiger partial charge on any atom is 0.325 e. The monoisotopic (exact) mass is 275 g/mol. The highest BCUT2D eigenvalue weighted by molar-refractivity contribution is 7.89. The molecule has 104 valence electrons. The Morgan fingerprint density at radius 1 is 1.00 bits per heavy atom. The molecule has 1 aliphatic carbocycles. The second-order valence-corrected chi connectivity index (χ2v) is 7.36. The van der Waals surface area contributed by atoms with E-state index >= 15 is 0 Å². The molecule has 1 aliphatic heterocycles. The molecular weight excluding hydrogens is 254 g/mol. The Labute approximate surface area is 108 Å². The molecule has 0 amide bonds. The van der Waals surface area contributed by atoms with Crippen molar-refractivity contribution in [1.82, 2.24) is 4.31 Å². The number of carboxylic acids is 1. The Bertz CT molecular complexity index is 410. The molecule has 0 atom stereocenters. The number of rotatable bonds is 2. The zero-order valence-electron chi connectivity index (χ0n) is 10.6. The quantitative estimate of drug-likeness (QED) is 0.777. The lowest BCUT2D eigenvalue weighted by atomic mass is 9.90. The zero-order valence-corrected chi connectivity index (χ0v) is 11.4. The Morgan fingerprint density at radius 2 is 1.61 bits per heavy atom. The third-order valence-electron chi connectivity index (χ3n) is 4.16. The van der Waals surface area contributed by atoms with E-state index in [0.717, 1.165) is 32.1 Å². The van der Waals surface area contributed by atoms with Gasteiger partial charge in [-0.25, -0.2) is 8.42 Å². The van der Waals surface area contributed by atoms with E-state index in [1.165, 1.54) is 4.31 Å². The lowest BCUT2D eigenvalue weighted by molar-refractivity contribution is -0.149. The van der Waals surface area contributed by atoms with Crippen LogP contribution in [0.5, 0.6) is 0 Å². The van der Waals surface area contributed by atoms with Gasteiger partial charge in [0.15, 0.2) is 0 Å². The number of sulfonamides is 1. The zero-order chi connectivity index (χ0) is 13.2.